The van der Waals surface area contributed by atoms with Gasteiger partial charge in [0.15, 0.2) is 0 Å². The molecule has 0 saturated heterocycles. The number of nitrogens with zero attached hydrogens (tertiary/aromatic N) is 1. The van der Waals surface area contributed by atoms with E-state index in [4.69, 9.17) is 0 Å². The second-order valence-electron chi connectivity index (χ2n) is 5.35. The molecule has 5 heteroatoms. The number of rotatable bonds is 6. The van der Waals surface area contributed by atoms with Crippen LogP contribution in [0.15, 0.2) is 48.7 Å². The van der Waals surface area contributed by atoms with Crippen molar-refractivity contribution in [1.29, 1.82) is 0 Å². The van der Waals surface area contributed by atoms with Gasteiger partial charge in [0.25, 0.3) is 0 Å². The molecule has 3 N–H and O–H groups in total. The van der Waals surface area contributed by atoms with Crippen molar-refractivity contribution in [2.75, 3.05) is 17.2 Å². The first-order valence-electron chi connectivity index (χ1n) is 7.45. The summed E-state index contributed by atoms with van der Waals surface area (Å²) in [6.45, 7) is 4.66. The third kappa shape index (κ3) is 5.44. The van der Waals surface area contributed by atoms with E-state index in [9.17, 15) is 4.79 Å². The van der Waals surface area contributed by atoms with Crippen molar-refractivity contribution in [3.8, 4) is 0 Å². The Hall–Kier alpha value is -2.56. The van der Waals surface area contributed by atoms with Gasteiger partial charge in [-0.25, -0.2) is 9.78 Å². The van der Waals surface area contributed by atoms with Crippen LogP contribution in [0, 0.1) is 0 Å². The average molecular weight is 298 g/mol. The maximum absolute atomic E-state index is 11.6. The molecule has 2 amide bonds. The van der Waals surface area contributed by atoms with Crippen LogP contribution in [0.5, 0.6) is 0 Å². The van der Waals surface area contributed by atoms with E-state index in [2.05, 4.69) is 33.1 Å². The highest BCUT2D eigenvalue weighted by molar-refractivity contribution is 5.88. The molecule has 5 nitrogen and oxygen atoms in total. The van der Waals surface area contributed by atoms with Crippen LogP contribution in [0.25, 0.3) is 0 Å². The zero-order valence-corrected chi connectivity index (χ0v) is 13.0. The molecule has 116 valence electrons. The van der Waals surface area contributed by atoms with Crippen LogP contribution >= 0.6 is 0 Å². The van der Waals surface area contributed by atoms with Crippen molar-refractivity contribution < 1.29 is 4.79 Å². The predicted octanol–water partition coefficient (Wildman–Crippen LogP) is 3.27. The Labute approximate surface area is 131 Å². The molecule has 2 aromatic rings. The summed E-state index contributed by atoms with van der Waals surface area (Å²) in [5, 5.41) is 8.76. The molecule has 0 aliphatic rings. The lowest BCUT2D eigenvalue weighted by molar-refractivity contribution is 0.250. The summed E-state index contributed by atoms with van der Waals surface area (Å²) < 4.78 is 0. The van der Waals surface area contributed by atoms with Crippen LogP contribution in [0.2, 0.25) is 0 Å². The minimum Gasteiger partial charge on any atom is -0.383 e. The van der Waals surface area contributed by atoms with Gasteiger partial charge in [0, 0.05) is 12.6 Å². The second kappa shape index (κ2) is 8.02. The van der Waals surface area contributed by atoms with Gasteiger partial charge in [0.2, 0.25) is 0 Å². The molecule has 0 aliphatic carbocycles. The lowest BCUT2D eigenvalue weighted by Crippen LogP contribution is -2.34. The number of anilines is 2. The molecule has 0 bridgehead atoms. The van der Waals surface area contributed by atoms with Gasteiger partial charge < -0.3 is 10.6 Å². The highest BCUT2D eigenvalue weighted by Gasteiger charge is 2.04. The number of benzene rings is 1. The highest BCUT2D eigenvalue weighted by Crippen LogP contribution is 2.10. The van der Waals surface area contributed by atoms with Gasteiger partial charge in [-0.15, -0.1) is 0 Å². The fourth-order valence-corrected chi connectivity index (χ4v) is 1.98. The summed E-state index contributed by atoms with van der Waals surface area (Å²) in [7, 11) is 0. The lowest BCUT2D eigenvalue weighted by Gasteiger charge is -2.10. The third-order valence-corrected chi connectivity index (χ3v) is 3.01. The summed E-state index contributed by atoms with van der Waals surface area (Å²) in [5.74, 6) is 0.534. The number of nitrogens with one attached hydrogen (secondary N) is 3. The summed E-state index contributed by atoms with van der Waals surface area (Å²) in [6.07, 6.45) is 2.67. The largest absolute Gasteiger partial charge is 0.383 e. The number of aromatic nitrogens is 1. The van der Waals surface area contributed by atoms with Crippen LogP contribution in [0.4, 0.5) is 16.3 Å². The molecule has 2 rings (SSSR count). The van der Waals surface area contributed by atoms with Crippen LogP contribution in [0.1, 0.15) is 19.4 Å². The Morgan fingerprint density at radius 2 is 1.91 bits per heavy atom. The van der Waals surface area contributed by atoms with E-state index in [0.717, 1.165) is 18.7 Å². The number of pyridine rings is 1. The van der Waals surface area contributed by atoms with Crippen molar-refractivity contribution in [2.24, 2.45) is 0 Å². The van der Waals surface area contributed by atoms with Crippen LogP contribution < -0.4 is 16.0 Å². The summed E-state index contributed by atoms with van der Waals surface area (Å²) in [6, 6.07) is 13.9. The molecule has 1 aromatic heterocycles. The first kappa shape index (κ1) is 15.8. The fraction of sp³-hybridized carbons (Fsp3) is 0.294. The maximum atomic E-state index is 11.6. The SMILES string of the molecule is CC(C)NC(=O)Nc1ccc(NCCc2ccccc2)cn1. The maximum Gasteiger partial charge on any atom is 0.320 e. The van der Waals surface area contributed by atoms with Gasteiger partial charge in [-0.3, -0.25) is 5.32 Å². The summed E-state index contributed by atoms with van der Waals surface area (Å²) >= 11 is 0. The van der Waals surface area contributed by atoms with Gasteiger partial charge >= 0.3 is 6.03 Å². The van der Waals surface area contributed by atoms with Gasteiger partial charge in [0.1, 0.15) is 5.82 Å². The molecule has 1 aromatic carbocycles. The molecular formula is C17H22N4O. The van der Waals surface area contributed by atoms with Crippen LogP contribution in [-0.2, 0) is 6.42 Å². The molecule has 0 unspecified atom stereocenters. The minimum absolute atomic E-state index is 0.0962. The Bertz CT molecular complexity index is 581. The molecule has 0 saturated carbocycles. The molecule has 1 heterocycles. The lowest BCUT2D eigenvalue weighted by atomic mass is 10.1. The summed E-state index contributed by atoms with van der Waals surface area (Å²) in [5.41, 5.74) is 2.23. The Morgan fingerprint density at radius 3 is 2.55 bits per heavy atom. The third-order valence-electron chi connectivity index (χ3n) is 3.01. The Morgan fingerprint density at radius 1 is 1.14 bits per heavy atom. The number of urea groups is 1. The molecular weight excluding hydrogens is 276 g/mol. The van der Waals surface area contributed by atoms with E-state index >= 15 is 0 Å². The molecule has 0 aliphatic heterocycles. The zero-order chi connectivity index (χ0) is 15.8. The number of hydrogen-bond donors (Lipinski definition) is 3. The van der Waals surface area contributed by atoms with E-state index in [1.54, 1.807) is 12.3 Å². The van der Waals surface area contributed by atoms with Gasteiger partial charge in [-0.05, 0) is 38.0 Å². The second-order valence-corrected chi connectivity index (χ2v) is 5.35. The quantitative estimate of drug-likeness (QED) is 0.767. The first-order valence-corrected chi connectivity index (χ1v) is 7.45. The van der Waals surface area contributed by atoms with Crippen molar-refractivity contribution in [1.82, 2.24) is 10.3 Å². The number of hydrogen-bond acceptors (Lipinski definition) is 3. The Kier molecular flexibility index (Phi) is 5.77. The topological polar surface area (TPSA) is 66.1 Å². The van der Waals surface area contributed by atoms with Crippen LogP contribution in [-0.4, -0.2) is 23.6 Å². The monoisotopic (exact) mass is 298 g/mol. The molecule has 0 spiro atoms. The first-order chi connectivity index (χ1) is 10.6. The number of amides is 2. The van der Waals surface area contributed by atoms with E-state index in [-0.39, 0.29) is 12.1 Å². The number of carbonyl (C=O) groups is 1. The van der Waals surface area contributed by atoms with Crippen molar-refractivity contribution >= 4 is 17.5 Å². The van der Waals surface area contributed by atoms with Crippen molar-refractivity contribution in [3.63, 3.8) is 0 Å². The molecule has 0 radical (unpaired) electrons. The molecule has 0 fully saturated rings. The standard InChI is InChI=1S/C17H22N4O/c1-13(2)20-17(22)21-16-9-8-15(12-19-16)18-11-10-14-6-4-3-5-7-14/h3-9,12-13,18H,10-11H2,1-2H3,(H2,19,20,21,22). The Balaban J connectivity index is 1.78. The van der Waals surface area contributed by atoms with Crippen LogP contribution in [0.3, 0.4) is 0 Å². The van der Waals surface area contributed by atoms with Gasteiger partial charge in [-0.1, -0.05) is 30.3 Å². The van der Waals surface area contributed by atoms with E-state index < -0.39 is 0 Å². The average Bonchev–Trinajstić information content (AvgIpc) is 2.49. The van der Waals surface area contributed by atoms with Gasteiger partial charge in [0.05, 0.1) is 11.9 Å². The van der Waals surface area contributed by atoms with Gasteiger partial charge in [-0.2, -0.15) is 0 Å². The molecule has 22 heavy (non-hydrogen) atoms. The fourth-order valence-electron chi connectivity index (χ4n) is 1.98. The van der Waals surface area contributed by atoms with E-state index in [0.29, 0.717) is 5.82 Å². The number of carbonyl (C=O) groups excluding carboxylic acids is 1. The van der Waals surface area contributed by atoms with Crippen molar-refractivity contribution in [2.45, 2.75) is 26.3 Å². The van der Waals surface area contributed by atoms with E-state index in [1.807, 2.05) is 38.1 Å². The molecule has 0 atom stereocenters. The zero-order valence-electron chi connectivity index (χ0n) is 13.0. The van der Waals surface area contributed by atoms with E-state index in [1.165, 1.54) is 5.56 Å². The minimum atomic E-state index is -0.243. The normalized spacial score (nSPS) is 10.3. The highest BCUT2D eigenvalue weighted by atomic mass is 16.2. The smallest absolute Gasteiger partial charge is 0.320 e. The summed E-state index contributed by atoms with van der Waals surface area (Å²) in [4.78, 5) is 15.8. The van der Waals surface area contributed by atoms with Crippen molar-refractivity contribution in [3.05, 3.63) is 54.2 Å². The predicted molar refractivity (Wildman–Crippen MR) is 90.2 cm³/mol.